The summed E-state index contributed by atoms with van der Waals surface area (Å²) >= 11 is 0. The van der Waals surface area contributed by atoms with Gasteiger partial charge in [-0.05, 0) is 57.2 Å². The summed E-state index contributed by atoms with van der Waals surface area (Å²) in [5.74, 6) is 1.79. The predicted octanol–water partition coefficient (Wildman–Crippen LogP) is 3.72. The van der Waals surface area contributed by atoms with Gasteiger partial charge >= 0.3 is 0 Å². The standard InChI is InChI=1S/C32H42N8O3/c1-24-29(25(2)37(3)36-24)10-11-30(41)39-14-5-4-13-38(31(42)21-27-22-33-23-35-27)15-7-16-40-17-12-34-32(40)26-8-6-9-28(20-26)43-19-18-39/h6,8-9,12,17,20,22-23H,4-5,7,10-11,13-16,18-19,21H2,1-3H3,(H,33,35). The second kappa shape index (κ2) is 14.2. The molecule has 0 saturated heterocycles. The first-order valence-corrected chi connectivity index (χ1v) is 15.2. The summed E-state index contributed by atoms with van der Waals surface area (Å²) < 4.78 is 10.1. The number of carbonyl (C=O) groups is 2. The smallest absolute Gasteiger partial charge is 0.228 e. The van der Waals surface area contributed by atoms with Crippen LogP contribution in [0.15, 0.2) is 49.2 Å². The molecule has 4 aromatic rings. The molecule has 1 aliphatic rings. The summed E-state index contributed by atoms with van der Waals surface area (Å²) in [7, 11) is 1.93. The third-order valence-corrected chi connectivity index (χ3v) is 8.22. The monoisotopic (exact) mass is 586 g/mol. The number of rotatable bonds is 5. The third-order valence-electron chi connectivity index (χ3n) is 8.22. The highest BCUT2D eigenvalue weighted by atomic mass is 16.5. The normalized spacial score (nSPS) is 15.0. The molecular weight excluding hydrogens is 544 g/mol. The van der Waals surface area contributed by atoms with Crippen LogP contribution in [0.5, 0.6) is 5.75 Å². The van der Waals surface area contributed by atoms with Gasteiger partial charge in [-0.1, -0.05) is 12.1 Å². The molecule has 0 spiro atoms. The number of H-pyrrole nitrogens is 1. The molecule has 228 valence electrons. The van der Waals surface area contributed by atoms with Crippen molar-refractivity contribution in [2.24, 2.45) is 7.05 Å². The molecule has 1 aliphatic heterocycles. The van der Waals surface area contributed by atoms with E-state index in [-0.39, 0.29) is 18.2 Å². The Morgan fingerprint density at radius 1 is 1.00 bits per heavy atom. The van der Waals surface area contributed by atoms with E-state index in [1.54, 1.807) is 18.7 Å². The number of nitrogens with zero attached hydrogens (tertiary/aromatic N) is 7. The number of nitrogens with one attached hydrogen (secondary N) is 1. The van der Waals surface area contributed by atoms with Crippen LogP contribution in [0.25, 0.3) is 11.4 Å². The zero-order valence-corrected chi connectivity index (χ0v) is 25.5. The van der Waals surface area contributed by atoms with Gasteiger partial charge in [0.25, 0.3) is 0 Å². The first-order chi connectivity index (χ1) is 20.9. The quantitative estimate of drug-likeness (QED) is 0.381. The van der Waals surface area contributed by atoms with Crippen LogP contribution < -0.4 is 4.74 Å². The summed E-state index contributed by atoms with van der Waals surface area (Å²) in [5.41, 5.74) is 4.98. The van der Waals surface area contributed by atoms with E-state index in [0.717, 1.165) is 65.6 Å². The van der Waals surface area contributed by atoms with Crippen molar-refractivity contribution < 1.29 is 14.3 Å². The molecule has 2 amide bonds. The molecule has 2 bridgehead atoms. The van der Waals surface area contributed by atoms with E-state index >= 15 is 0 Å². The van der Waals surface area contributed by atoms with E-state index in [2.05, 4.69) is 24.6 Å². The topological polar surface area (TPSA) is 114 Å². The molecule has 1 N–H and O–H groups in total. The van der Waals surface area contributed by atoms with Crippen molar-refractivity contribution >= 4 is 11.8 Å². The molecule has 11 nitrogen and oxygen atoms in total. The van der Waals surface area contributed by atoms with Crippen LogP contribution in [0, 0.1) is 13.8 Å². The number of hydrogen-bond acceptors (Lipinski definition) is 6. The SMILES string of the molecule is Cc1nn(C)c(C)c1CCC(=O)N1CCCCN(C(=O)Cc2cnc[nH]2)CCCn2ccnc2-c2cccc(c2)OCC1. The lowest BCUT2D eigenvalue weighted by molar-refractivity contribution is -0.132. The van der Waals surface area contributed by atoms with E-state index in [9.17, 15) is 9.59 Å². The van der Waals surface area contributed by atoms with Gasteiger partial charge in [0, 0.05) is 75.2 Å². The molecule has 0 fully saturated rings. The van der Waals surface area contributed by atoms with E-state index in [1.807, 2.05) is 65.8 Å². The molecule has 3 aromatic heterocycles. The number of aryl methyl sites for hydroxylation is 3. The Hall–Kier alpha value is -4.41. The number of aromatic nitrogens is 6. The van der Waals surface area contributed by atoms with Crippen LogP contribution in [0.1, 0.15) is 48.3 Å². The fourth-order valence-corrected chi connectivity index (χ4v) is 5.73. The Labute approximate surface area is 252 Å². The third kappa shape index (κ3) is 7.71. The zero-order valence-electron chi connectivity index (χ0n) is 25.5. The van der Waals surface area contributed by atoms with Gasteiger partial charge in [-0.25, -0.2) is 9.97 Å². The van der Waals surface area contributed by atoms with Crippen molar-refractivity contribution in [3.05, 3.63) is 71.8 Å². The van der Waals surface area contributed by atoms with Crippen molar-refractivity contribution in [3.8, 4) is 17.1 Å². The van der Waals surface area contributed by atoms with Crippen LogP contribution >= 0.6 is 0 Å². The highest BCUT2D eigenvalue weighted by Crippen LogP contribution is 2.23. The van der Waals surface area contributed by atoms with Crippen molar-refractivity contribution in [1.29, 1.82) is 0 Å². The molecule has 0 radical (unpaired) electrons. The maximum Gasteiger partial charge on any atom is 0.228 e. The van der Waals surface area contributed by atoms with Crippen molar-refractivity contribution in [2.75, 3.05) is 32.8 Å². The van der Waals surface area contributed by atoms with E-state index in [4.69, 9.17) is 4.74 Å². The first kappa shape index (κ1) is 30.1. The first-order valence-electron chi connectivity index (χ1n) is 15.2. The summed E-state index contributed by atoms with van der Waals surface area (Å²) in [4.78, 5) is 42.3. The minimum atomic E-state index is 0.0734. The van der Waals surface area contributed by atoms with Gasteiger partial charge in [-0.3, -0.25) is 14.3 Å². The van der Waals surface area contributed by atoms with Gasteiger partial charge in [-0.2, -0.15) is 5.10 Å². The number of carbonyl (C=O) groups excluding carboxylic acids is 2. The Kier molecular flexibility index (Phi) is 9.91. The molecule has 1 aromatic carbocycles. The molecule has 0 unspecified atom stereocenters. The molecule has 43 heavy (non-hydrogen) atoms. The molecule has 5 rings (SSSR count). The van der Waals surface area contributed by atoms with Gasteiger partial charge in [0.2, 0.25) is 11.8 Å². The number of imidazole rings is 2. The van der Waals surface area contributed by atoms with Gasteiger partial charge < -0.3 is 24.1 Å². The molecule has 0 saturated carbocycles. The lowest BCUT2D eigenvalue weighted by Gasteiger charge is -2.25. The number of fused-ring (bicyclic) bond motifs is 4. The van der Waals surface area contributed by atoms with Gasteiger partial charge in [0.15, 0.2) is 0 Å². The van der Waals surface area contributed by atoms with Crippen molar-refractivity contribution in [1.82, 2.24) is 39.1 Å². The zero-order chi connectivity index (χ0) is 30.2. The molecule has 11 heteroatoms. The number of amides is 2. The number of hydrogen-bond donors (Lipinski definition) is 1. The van der Waals surface area contributed by atoms with E-state index in [1.165, 1.54) is 0 Å². The molecular formula is C32H42N8O3. The van der Waals surface area contributed by atoms with Crippen LogP contribution in [0.2, 0.25) is 0 Å². The minimum Gasteiger partial charge on any atom is -0.492 e. The summed E-state index contributed by atoms with van der Waals surface area (Å²) in [6.45, 7) is 7.56. The number of ether oxygens (including phenoxy) is 1. The minimum absolute atomic E-state index is 0.0734. The largest absolute Gasteiger partial charge is 0.492 e. The van der Waals surface area contributed by atoms with Gasteiger partial charge in [0.05, 0.1) is 25.0 Å². The lowest BCUT2D eigenvalue weighted by Crippen LogP contribution is -2.37. The van der Waals surface area contributed by atoms with Gasteiger partial charge in [0.1, 0.15) is 18.2 Å². The summed E-state index contributed by atoms with van der Waals surface area (Å²) in [6.07, 6.45) is 10.8. The fraction of sp³-hybridized carbons (Fsp3) is 0.469. The number of aromatic amines is 1. The Balaban J connectivity index is 1.31. The lowest BCUT2D eigenvalue weighted by atomic mass is 10.1. The maximum atomic E-state index is 13.5. The van der Waals surface area contributed by atoms with Gasteiger partial charge in [-0.15, -0.1) is 0 Å². The van der Waals surface area contributed by atoms with E-state index < -0.39 is 0 Å². The average molecular weight is 587 g/mol. The van der Waals surface area contributed by atoms with Crippen LogP contribution in [-0.2, 0) is 36.0 Å². The Morgan fingerprint density at radius 2 is 1.79 bits per heavy atom. The molecule has 0 aliphatic carbocycles. The van der Waals surface area contributed by atoms with Crippen molar-refractivity contribution in [3.63, 3.8) is 0 Å². The Morgan fingerprint density at radius 3 is 2.53 bits per heavy atom. The average Bonchev–Trinajstić information content (AvgIpc) is 3.73. The summed E-state index contributed by atoms with van der Waals surface area (Å²) in [6, 6.07) is 7.93. The molecule has 0 atom stereocenters. The molecule has 4 heterocycles. The summed E-state index contributed by atoms with van der Waals surface area (Å²) in [5, 5.41) is 4.50. The number of benzene rings is 1. The van der Waals surface area contributed by atoms with E-state index in [0.29, 0.717) is 45.6 Å². The predicted molar refractivity (Wildman–Crippen MR) is 163 cm³/mol. The Bertz CT molecular complexity index is 1510. The van der Waals surface area contributed by atoms with Crippen LogP contribution in [-0.4, -0.2) is 83.7 Å². The highest BCUT2D eigenvalue weighted by Gasteiger charge is 2.19. The second-order valence-corrected chi connectivity index (χ2v) is 11.2. The fourth-order valence-electron chi connectivity index (χ4n) is 5.73. The van der Waals surface area contributed by atoms with Crippen LogP contribution in [0.3, 0.4) is 0 Å². The second-order valence-electron chi connectivity index (χ2n) is 11.2. The maximum absolute atomic E-state index is 13.5. The highest BCUT2D eigenvalue weighted by molar-refractivity contribution is 5.78. The van der Waals surface area contributed by atoms with Crippen LogP contribution in [0.4, 0.5) is 0 Å². The van der Waals surface area contributed by atoms with Crippen molar-refractivity contribution in [2.45, 2.75) is 58.9 Å².